The van der Waals surface area contributed by atoms with E-state index in [0.717, 1.165) is 11.4 Å². The molecule has 1 fully saturated rings. The fourth-order valence-electron chi connectivity index (χ4n) is 4.81. The van der Waals surface area contributed by atoms with E-state index in [1.165, 1.54) is 0 Å². The summed E-state index contributed by atoms with van der Waals surface area (Å²) in [5, 5.41) is 4.11. The molecular weight excluding hydrogens is 537 g/mol. The molecule has 0 radical (unpaired) electrons. The Bertz CT molecular complexity index is 1550. The summed E-state index contributed by atoms with van der Waals surface area (Å²) in [4.78, 5) is 35.5. The normalized spacial score (nSPS) is 14.8. The Balaban J connectivity index is 1.39. The predicted molar refractivity (Wildman–Crippen MR) is 156 cm³/mol. The Morgan fingerprint density at radius 3 is 2.44 bits per heavy atom. The van der Waals surface area contributed by atoms with Gasteiger partial charge in [0.15, 0.2) is 0 Å². The van der Waals surface area contributed by atoms with E-state index < -0.39 is 0 Å². The third-order valence-electron chi connectivity index (χ3n) is 6.92. The summed E-state index contributed by atoms with van der Waals surface area (Å²) >= 11 is 12.3. The van der Waals surface area contributed by atoms with Crippen LogP contribution in [0.4, 0.5) is 10.5 Å². The number of ether oxygens (including phenoxy) is 1. The van der Waals surface area contributed by atoms with Crippen LogP contribution in [0.25, 0.3) is 16.6 Å². The number of para-hydroxylation sites is 1. The standard InChI is InChI=1S/C29H29Cl2N5O3/c1-3-39-21-13-11-20(12-14-21)36-27(32-24-9-5-4-7-22(24)28(36)37)19(2)34-15-17-35(18-16-34)29(38)33-25-10-6-8-23(30)26(25)31/h4-14,19H,3,15-18H2,1-2H3,(H,33,38). The van der Waals surface area contributed by atoms with Gasteiger partial charge in [0.2, 0.25) is 0 Å². The first-order chi connectivity index (χ1) is 18.9. The number of hydrogen-bond acceptors (Lipinski definition) is 5. The molecule has 2 heterocycles. The fraction of sp³-hybridized carbons (Fsp3) is 0.276. The van der Waals surface area contributed by atoms with Gasteiger partial charge in [0.25, 0.3) is 5.56 Å². The van der Waals surface area contributed by atoms with Crippen LogP contribution in [0.15, 0.2) is 71.5 Å². The second-order valence-electron chi connectivity index (χ2n) is 9.29. The van der Waals surface area contributed by atoms with Crippen LogP contribution in [0.2, 0.25) is 10.0 Å². The Kier molecular flexibility index (Phi) is 8.07. The summed E-state index contributed by atoms with van der Waals surface area (Å²) in [5.41, 5.74) is 1.73. The molecule has 0 spiro atoms. The molecule has 10 heteroatoms. The van der Waals surface area contributed by atoms with Gasteiger partial charge >= 0.3 is 6.03 Å². The molecular formula is C29H29Cl2N5O3. The van der Waals surface area contributed by atoms with Gasteiger partial charge in [0.1, 0.15) is 11.6 Å². The van der Waals surface area contributed by atoms with Gasteiger partial charge in [-0.15, -0.1) is 0 Å². The molecule has 1 N–H and O–H groups in total. The maximum absolute atomic E-state index is 13.7. The molecule has 2 amide bonds. The van der Waals surface area contributed by atoms with Crippen molar-refractivity contribution in [2.45, 2.75) is 19.9 Å². The monoisotopic (exact) mass is 565 g/mol. The summed E-state index contributed by atoms with van der Waals surface area (Å²) in [6.45, 7) is 6.79. The SMILES string of the molecule is CCOc1ccc(-n2c(C(C)N3CCN(C(=O)Nc4cccc(Cl)c4Cl)CC3)nc3ccccc3c2=O)cc1. The smallest absolute Gasteiger partial charge is 0.321 e. The molecule has 1 saturated heterocycles. The number of nitrogens with one attached hydrogen (secondary N) is 1. The minimum Gasteiger partial charge on any atom is -0.494 e. The van der Waals surface area contributed by atoms with Gasteiger partial charge in [-0.05, 0) is 62.4 Å². The van der Waals surface area contributed by atoms with E-state index in [0.29, 0.717) is 65.2 Å². The van der Waals surface area contributed by atoms with E-state index in [1.807, 2.05) is 56.3 Å². The molecule has 39 heavy (non-hydrogen) atoms. The van der Waals surface area contributed by atoms with Crippen molar-refractivity contribution in [3.63, 3.8) is 0 Å². The van der Waals surface area contributed by atoms with Crippen molar-refractivity contribution in [2.75, 3.05) is 38.1 Å². The number of rotatable bonds is 6. The lowest BCUT2D eigenvalue weighted by atomic mass is 10.1. The first-order valence-corrected chi connectivity index (χ1v) is 13.6. The molecule has 1 atom stereocenters. The summed E-state index contributed by atoms with van der Waals surface area (Å²) in [6, 6.07) is 19.6. The molecule has 0 saturated carbocycles. The largest absolute Gasteiger partial charge is 0.494 e. The number of halogens is 2. The molecule has 1 aromatic heterocycles. The van der Waals surface area contributed by atoms with Gasteiger partial charge in [-0.25, -0.2) is 9.78 Å². The maximum Gasteiger partial charge on any atom is 0.321 e. The van der Waals surface area contributed by atoms with Gasteiger partial charge in [-0.1, -0.05) is 41.4 Å². The van der Waals surface area contributed by atoms with Crippen molar-refractivity contribution in [1.29, 1.82) is 0 Å². The van der Waals surface area contributed by atoms with E-state index in [2.05, 4.69) is 10.2 Å². The third kappa shape index (κ3) is 5.59. The number of aromatic nitrogens is 2. The number of amides is 2. The van der Waals surface area contributed by atoms with Crippen LogP contribution < -0.4 is 15.6 Å². The second-order valence-corrected chi connectivity index (χ2v) is 10.1. The Morgan fingerprint density at radius 2 is 1.72 bits per heavy atom. The number of carbonyl (C=O) groups is 1. The average Bonchev–Trinajstić information content (AvgIpc) is 2.96. The van der Waals surface area contributed by atoms with Crippen LogP contribution >= 0.6 is 23.2 Å². The van der Waals surface area contributed by atoms with E-state index in [-0.39, 0.29) is 17.6 Å². The van der Waals surface area contributed by atoms with Crippen molar-refractivity contribution in [1.82, 2.24) is 19.4 Å². The Labute approximate surface area is 236 Å². The zero-order valence-corrected chi connectivity index (χ0v) is 23.2. The number of anilines is 1. The predicted octanol–water partition coefficient (Wildman–Crippen LogP) is 6.00. The molecule has 1 aliphatic rings. The second kappa shape index (κ2) is 11.7. The fourth-order valence-corrected chi connectivity index (χ4v) is 5.16. The highest BCUT2D eigenvalue weighted by atomic mass is 35.5. The molecule has 3 aromatic carbocycles. The minimum absolute atomic E-state index is 0.122. The molecule has 0 aliphatic carbocycles. The quantitative estimate of drug-likeness (QED) is 0.310. The zero-order chi connectivity index (χ0) is 27.5. The first-order valence-electron chi connectivity index (χ1n) is 12.9. The highest BCUT2D eigenvalue weighted by molar-refractivity contribution is 6.43. The lowest BCUT2D eigenvalue weighted by Gasteiger charge is -2.38. The highest BCUT2D eigenvalue weighted by Crippen LogP contribution is 2.30. The van der Waals surface area contributed by atoms with Crippen LogP contribution in [-0.4, -0.2) is 58.2 Å². The Morgan fingerprint density at radius 1 is 1.00 bits per heavy atom. The van der Waals surface area contributed by atoms with Crippen LogP contribution in [0.3, 0.4) is 0 Å². The molecule has 5 rings (SSSR count). The van der Waals surface area contributed by atoms with E-state index in [9.17, 15) is 9.59 Å². The van der Waals surface area contributed by atoms with Crippen molar-refractivity contribution in [3.05, 3.63) is 93.0 Å². The molecule has 8 nitrogen and oxygen atoms in total. The maximum atomic E-state index is 13.7. The lowest BCUT2D eigenvalue weighted by Crippen LogP contribution is -2.51. The van der Waals surface area contributed by atoms with Gasteiger partial charge in [-0.3, -0.25) is 14.3 Å². The van der Waals surface area contributed by atoms with E-state index >= 15 is 0 Å². The number of hydrogen-bond donors (Lipinski definition) is 1. The van der Waals surface area contributed by atoms with E-state index in [4.69, 9.17) is 32.9 Å². The van der Waals surface area contributed by atoms with Crippen molar-refractivity contribution in [2.24, 2.45) is 0 Å². The third-order valence-corrected chi connectivity index (χ3v) is 7.74. The number of urea groups is 1. The first kappa shape index (κ1) is 27.0. The number of fused-ring (bicyclic) bond motifs is 1. The number of nitrogens with zero attached hydrogens (tertiary/aromatic N) is 4. The van der Waals surface area contributed by atoms with Crippen molar-refractivity contribution >= 4 is 45.8 Å². The van der Waals surface area contributed by atoms with Crippen molar-refractivity contribution < 1.29 is 9.53 Å². The summed E-state index contributed by atoms with van der Waals surface area (Å²) in [5.74, 6) is 1.39. The molecule has 4 aromatic rings. The van der Waals surface area contributed by atoms with Crippen LogP contribution in [0.1, 0.15) is 25.7 Å². The summed E-state index contributed by atoms with van der Waals surface area (Å²) in [6.07, 6.45) is 0. The van der Waals surface area contributed by atoms with Gasteiger partial charge in [0.05, 0.1) is 45.0 Å². The van der Waals surface area contributed by atoms with Gasteiger partial charge in [0, 0.05) is 26.2 Å². The molecule has 0 bridgehead atoms. The Hall–Kier alpha value is -3.59. The summed E-state index contributed by atoms with van der Waals surface area (Å²) < 4.78 is 7.27. The van der Waals surface area contributed by atoms with Crippen LogP contribution in [-0.2, 0) is 0 Å². The lowest BCUT2D eigenvalue weighted by molar-refractivity contribution is 0.115. The van der Waals surface area contributed by atoms with Crippen LogP contribution in [0.5, 0.6) is 5.75 Å². The minimum atomic E-state index is -0.235. The van der Waals surface area contributed by atoms with Crippen LogP contribution in [0, 0.1) is 0 Å². The zero-order valence-electron chi connectivity index (χ0n) is 21.7. The number of carbonyl (C=O) groups excluding carboxylic acids is 1. The topological polar surface area (TPSA) is 79.7 Å². The molecule has 1 unspecified atom stereocenters. The molecule has 1 aliphatic heterocycles. The van der Waals surface area contributed by atoms with Gasteiger partial charge in [-0.2, -0.15) is 0 Å². The number of benzene rings is 3. The highest BCUT2D eigenvalue weighted by Gasteiger charge is 2.28. The van der Waals surface area contributed by atoms with Crippen molar-refractivity contribution in [3.8, 4) is 11.4 Å². The summed E-state index contributed by atoms with van der Waals surface area (Å²) in [7, 11) is 0. The van der Waals surface area contributed by atoms with E-state index in [1.54, 1.807) is 33.7 Å². The number of piperazine rings is 1. The molecule has 202 valence electrons. The van der Waals surface area contributed by atoms with Gasteiger partial charge < -0.3 is 15.0 Å². The average molecular weight is 566 g/mol.